The molecule has 0 aromatic carbocycles. The van der Waals surface area contributed by atoms with Crippen molar-refractivity contribution in [1.82, 2.24) is 8.88 Å². The van der Waals surface area contributed by atoms with E-state index in [4.69, 9.17) is 0 Å². The monoisotopic (exact) mass is 742 g/mol. The third-order valence-corrected chi connectivity index (χ3v) is 18.1. The first-order chi connectivity index (χ1) is 16.5. The maximum atomic E-state index is 11.9. The van der Waals surface area contributed by atoms with Gasteiger partial charge in [-0.25, -0.2) is 18.3 Å². The van der Waals surface area contributed by atoms with Gasteiger partial charge in [-0.15, -0.1) is 8.88 Å². The lowest BCUT2D eigenvalue weighted by atomic mass is 10.1. The first-order valence-corrected chi connectivity index (χ1v) is 21.5. The van der Waals surface area contributed by atoms with Gasteiger partial charge in [0.25, 0.3) is 0 Å². The molecular formula is C5H22N2O24P8. The molecule has 0 aromatic rings. The average molecular weight is 742 g/mol. The topological polar surface area (TPSA) is 467 Å². The van der Waals surface area contributed by atoms with Crippen LogP contribution in [0.1, 0.15) is 6.42 Å². The minimum absolute atomic E-state index is 1.75. The van der Waals surface area contributed by atoms with Crippen LogP contribution >= 0.6 is 61.4 Å². The Balaban J connectivity index is 8.29. The van der Waals surface area contributed by atoms with E-state index in [1.54, 1.807) is 0 Å². The van der Waals surface area contributed by atoms with Crippen molar-refractivity contribution in [2.75, 3.05) is 0 Å². The van der Waals surface area contributed by atoms with E-state index in [0.717, 1.165) is 0 Å². The summed E-state index contributed by atoms with van der Waals surface area (Å²) in [5, 5.41) is -8.31. The van der Waals surface area contributed by atoms with Crippen LogP contribution in [0.15, 0.2) is 0 Å². The second-order valence-electron chi connectivity index (χ2n) is 7.25. The summed E-state index contributed by atoms with van der Waals surface area (Å²) in [7, 11) is -54.2. The van der Waals surface area contributed by atoms with Gasteiger partial charge in [0.15, 0.2) is 10.8 Å². The van der Waals surface area contributed by atoms with Gasteiger partial charge in [0, 0.05) is 0 Å². The summed E-state index contributed by atoms with van der Waals surface area (Å²) in [5.41, 5.74) is 0. The predicted molar refractivity (Wildman–Crippen MR) is 120 cm³/mol. The Bertz CT molecular complexity index is 993. The third-order valence-electron chi connectivity index (χ3n) is 4.21. The van der Waals surface area contributed by atoms with Crippen LogP contribution in [0, 0.1) is 0 Å². The number of hydrogen-bond donors (Lipinski definition) is 16. The lowest BCUT2D eigenvalue weighted by molar-refractivity contribution is 0.194. The van der Waals surface area contributed by atoms with Gasteiger partial charge in [0.2, 0.25) is 0 Å². The molecule has 0 aliphatic heterocycles. The number of nitrogens with zero attached hydrogens (tertiary/aromatic N) is 2. The Morgan fingerprint density at radius 3 is 0.615 bits per heavy atom. The summed E-state index contributed by atoms with van der Waals surface area (Å²) in [6.07, 6.45) is -2.78. The zero-order valence-corrected chi connectivity index (χ0v) is 25.1. The van der Waals surface area contributed by atoms with Crippen molar-refractivity contribution in [3.05, 3.63) is 0 Å². The molecule has 26 nitrogen and oxygen atoms in total. The van der Waals surface area contributed by atoms with Crippen molar-refractivity contribution in [3.63, 3.8) is 0 Å². The molecule has 16 N–H and O–H groups in total. The average Bonchev–Trinajstić information content (AvgIpc) is 2.41. The lowest BCUT2D eigenvalue weighted by Gasteiger charge is -2.42. The van der Waals surface area contributed by atoms with Crippen LogP contribution in [0.4, 0.5) is 0 Å². The Kier molecular flexibility index (Phi) is 12.6. The zero-order valence-electron chi connectivity index (χ0n) is 17.9. The molecule has 0 spiro atoms. The smallest absolute Gasteiger partial charge is 0.324 e. The summed E-state index contributed by atoms with van der Waals surface area (Å²) < 4.78 is 91.7. The molecule has 0 heterocycles. The van der Waals surface area contributed by atoms with Crippen LogP contribution < -0.4 is 0 Å². The highest BCUT2D eigenvalue weighted by atomic mass is 31.3. The normalized spacial score (nSPS) is 17.3. The Morgan fingerprint density at radius 1 is 0.359 bits per heavy atom. The molecule has 0 radical (unpaired) electrons. The van der Waals surface area contributed by atoms with Crippen LogP contribution in [0.2, 0.25) is 0 Å². The van der Waals surface area contributed by atoms with Crippen molar-refractivity contribution in [1.29, 1.82) is 0 Å². The van der Waals surface area contributed by atoms with Crippen LogP contribution in [0.3, 0.4) is 0 Å². The van der Waals surface area contributed by atoms with Gasteiger partial charge in [-0.2, -0.15) is 0 Å². The molecule has 0 aliphatic carbocycles. The Morgan fingerprint density at radius 2 is 0.513 bits per heavy atom. The van der Waals surface area contributed by atoms with Gasteiger partial charge < -0.3 is 78.3 Å². The van der Waals surface area contributed by atoms with Gasteiger partial charge in [-0.1, -0.05) is 0 Å². The molecule has 0 saturated carbocycles. The van der Waals surface area contributed by atoms with Gasteiger partial charge in [0.05, 0.1) is 12.1 Å². The molecule has 0 bridgehead atoms. The van der Waals surface area contributed by atoms with Crippen molar-refractivity contribution in [3.8, 4) is 0 Å². The highest BCUT2D eigenvalue weighted by molar-refractivity contribution is 7.72. The summed E-state index contributed by atoms with van der Waals surface area (Å²) >= 11 is 0. The minimum atomic E-state index is -6.84. The number of rotatable bonds is 14. The summed E-state index contributed by atoms with van der Waals surface area (Å²) in [6, 6.07) is -8.03. The largest absolute Gasteiger partial charge is 0.412 e. The maximum absolute atomic E-state index is 11.9. The van der Waals surface area contributed by atoms with E-state index < -0.39 is 99.6 Å². The van der Waals surface area contributed by atoms with Crippen LogP contribution in [-0.2, 0) is 36.5 Å². The minimum Gasteiger partial charge on any atom is -0.324 e. The van der Waals surface area contributed by atoms with Gasteiger partial charge in [-0.3, -0.25) is 18.3 Å². The van der Waals surface area contributed by atoms with Crippen molar-refractivity contribution < 1.29 is 115 Å². The fourth-order valence-corrected chi connectivity index (χ4v) is 15.0. The zero-order chi connectivity index (χ0) is 32.2. The molecule has 0 rings (SSSR count). The molecule has 2 atom stereocenters. The molecule has 236 valence electrons. The van der Waals surface area contributed by atoms with Gasteiger partial charge >= 0.3 is 61.4 Å². The first-order valence-electron chi connectivity index (χ1n) is 8.49. The molecule has 0 saturated heterocycles. The molecule has 34 heteroatoms. The number of hydrogen-bond acceptors (Lipinski definition) is 8. The predicted octanol–water partition coefficient (Wildman–Crippen LogP) is -3.55. The first kappa shape index (κ1) is 40.1. The second kappa shape index (κ2) is 12.3. The fourth-order valence-electron chi connectivity index (χ4n) is 3.28. The van der Waals surface area contributed by atoms with E-state index in [1.807, 2.05) is 0 Å². The molecule has 0 fully saturated rings. The standard InChI is InChI=1S/C5H22N2O24P8/c8-32(9,10)4(33(11,12)13)2(6(36(20,21)22)37(23,24)25)1-3(5(34(14,15)16)35(17,18)19)7(38(26,27)28)39(29,30)31/h2-5H,1H2,(H2,8,9,10)(H2,11,12,13)(H2,14,15,16)(H2,17,18,19)(H2,20,21,22)(H2,23,24,25)(H2,26,27,28)(H2,29,30,31). The van der Waals surface area contributed by atoms with Crippen LogP contribution in [0.5, 0.6) is 0 Å². The van der Waals surface area contributed by atoms with E-state index in [9.17, 15) is 115 Å². The van der Waals surface area contributed by atoms with E-state index >= 15 is 0 Å². The third kappa shape index (κ3) is 11.3. The molecule has 2 unspecified atom stereocenters. The summed E-state index contributed by atoms with van der Waals surface area (Å²) in [6.45, 7) is 0. The molecule has 0 aliphatic rings. The van der Waals surface area contributed by atoms with Gasteiger partial charge in [-0.05, 0) is 6.42 Å². The molecule has 39 heavy (non-hydrogen) atoms. The molecule has 0 aromatic heterocycles. The Hall–Kier alpha value is 1.12. The summed E-state index contributed by atoms with van der Waals surface area (Å²) in [5.74, 6) is 0. The van der Waals surface area contributed by atoms with E-state index in [2.05, 4.69) is 0 Å². The van der Waals surface area contributed by atoms with Crippen molar-refractivity contribution in [2.45, 2.75) is 29.3 Å². The van der Waals surface area contributed by atoms with Gasteiger partial charge in [0.1, 0.15) is 0 Å². The van der Waals surface area contributed by atoms with Crippen LogP contribution in [-0.4, -0.2) is 110 Å². The maximum Gasteiger partial charge on any atom is 0.412 e. The van der Waals surface area contributed by atoms with E-state index in [1.165, 1.54) is 0 Å². The fraction of sp³-hybridized carbons (Fsp3) is 1.00. The van der Waals surface area contributed by atoms with Crippen LogP contribution in [0.25, 0.3) is 0 Å². The van der Waals surface area contributed by atoms with Crippen molar-refractivity contribution in [2.24, 2.45) is 0 Å². The lowest BCUT2D eigenvalue weighted by Crippen LogP contribution is -2.48. The van der Waals surface area contributed by atoms with E-state index in [-0.39, 0.29) is 0 Å². The second-order valence-corrected chi connectivity index (χ2v) is 21.5. The highest BCUT2D eigenvalue weighted by Crippen LogP contribution is 2.73. The summed E-state index contributed by atoms with van der Waals surface area (Å²) in [4.78, 5) is 151. The van der Waals surface area contributed by atoms with Crippen molar-refractivity contribution >= 4 is 61.4 Å². The SMILES string of the molecule is O=P(O)(O)C(C(CC(C(P(=O)(O)O)P(=O)(O)O)N(P(=O)(O)O)P(=O)(O)O)N(P(=O)(O)O)P(=O)(O)O)P(=O)(O)O. The highest BCUT2D eigenvalue weighted by Gasteiger charge is 2.64. The molecular weight excluding hydrogens is 720 g/mol. The quantitative estimate of drug-likeness (QED) is 0.0766. The van der Waals surface area contributed by atoms with E-state index in [0.29, 0.717) is 0 Å². The molecule has 0 amide bonds. The Labute approximate surface area is 214 Å².